The van der Waals surface area contributed by atoms with Crippen LogP contribution in [0.2, 0.25) is 0 Å². The second kappa shape index (κ2) is 19.8. The first-order valence-corrected chi connectivity index (χ1v) is 15.1. The van der Waals surface area contributed by atoms with Crippen molar-refractivity contribution >= 4 is 25.4 Å². The Morgan fingerprint density at radius 3 is 1.09 bits per heavy atom. The molecule has 0 aliphatic heterocycles. The molecule has 24 heteroatoms. The van der Waals surface area contributed by atoms with Gasteiger partial charge in [-0.1, -0.05) is 5.11 Å². The molecule has 0 fully saturated rings. The Morgan fingerprint density at radius 2 is 0.826 bits per heavy atom. The van der Waals surface area contributed by atoms with Gasteiger partial charge >= 0.3 is 29.6 Å². The van der Waals surface area contributed by atoms with Crippen LogP contribution in [-0.4, -0.2) is 79.4 Å². The first-order chi connectivity index (χ1) is 20.6. The van der Waals surface area contributed by atoms with Crippen molar-refractivity contribution in [3.8, 4) is 0 Å². The van der Waals surface area contributed by atoms with Crippen LogP contribution in [0.15, 0.2) is 14.9 Å². The molecule has 0 heterocycles. The smallest absolute Gasteiger partial charge is 0.373 e. The molecular weight excluding hydrogens is 698 g/mol. The molecule has 2 rings (SSSR count). The first-order valence-electron chi connectivity index (χ1n) is 11.8. The topological polar surface area (TPSA) is 182 Å². The van der Waals surface area contributed by atoms with E-state index in [0.29, 0.717) is 6.54 Å². The van der Waals surface area contributed by atoms with Crippen LogP contribution >= 0.6 is 0 Å². The minimum atomic E-state index is -4.60. The summed E-state index contributed by atoms with van der Waals surface area (Å²) < 4.78 is 167. The van der Waals surface area contributed by atoms with Gasteiger partial charge in [0.25, 0.3) is 0 Å². The quantitative estimate of drug-likeness (QED) is 0.0502. The van der Waals surface area contributed by atoms with Crippen molar-refractivity contribution in [2.75, 3.05) is 52.8 Å². The summed E-state index contributed by atoms with van der Waals surface area (Å²) in [7, 11) is -2.59. The van der Waals surface area contributed by atoms with E-state index in [1.54, 1.807) is 38.0 Å². The van der Waals surface area contributed by atoms with Gasteiger partial charge in [-0.25, -0.2) is 56.3 Å². The average molecular weight is 723 g/mol. The van der Waals surface area contributed by atoms with Crippen LogP contribution in [0, 0.1) is 52.4 Å². The number of sulfone groups is 2. The van der Waals surface area contributed by atoms with Crippen LogP contribution < -0.4 is 29.6 Å². The third-order valence-corrected chi connectivity index (χ3v) is 8.79. The Morgan fingerprint density at radius 1 is 0.565 bits per heavy atom. The van der Waals surface area contributed by atoms with Crippen LogP contribution in [0.25, 0.3) is 26.4 Å². The summed E-state index contributed by atoms with van der Waals surface area (Å²) in [6, 6.07) is 0. The van der Waals surface area contributed by atoms with Crippen molar-refractivity contribution in [2.24, 2.45) is 5.11 Å². The van der Waals surface area contributed by atoms with Crippen LogP contribution in [0.5, 0.6) is 0 Å². The van der Waals surface area contributed by atoms with Crippen LogP contribution in [0.4, 0.5) is 45.2 Å². The molecule has 0 saturated carbocycles. The summed E-state index contributed by atoms with van der Waals surface area (Å²) in [4.78, 5) is 3.31. The van der Waals surface area contributed by atoms with Crippen LogP contribution in [0.3, 0.4) is 0 Å². The van der Waals surface area contributed by atoms with Crippen molar-refractivity contribution in [1.29, 1.82) is 0 Å². The van der Waals surface area contributed by atoms with Gasteiger partial charge in [0.1, 0.15) is 15.5 Å². The number of hydrogen-bond acceptors (Lipinski definition) is 7. The standard InChI is InChI=1S/C11H12F5NO2S.C11H12F4N4O2S.N3.Na/c1-17(2)4-3-5-20(18,19)11-9(15)7(13)6(12)8(14)10(11)16;1-19(2)4-3-5-22(20,21)11-8(14)6(12)10(17-18-16)7(13)9(11)15;1-3-2;/h3-5H2,1-2H3;3-5H2,1-2H3;;/q;;-1;+1. The van der Waals surface area contributed by atoms with E-state index in [2.05, 4.69) is 5.11 Å². The monoisotopic (exact) mass is 722 g/mol. The zero-order chi connectivity index (χ0) is 35.4. The Kier molecular flexibility index (Phi) is 19.5. The molecule has 2 aromatic rings. The molecule has 0 bridgehead atoms. The average Bonchev–Trinajstić information content (AvgIpc) is 2.92. The zero-order valence-corrected chi connectivity index (χ0v) is 28.3. The number of halogens is 9. The summed E-state index contributed by atoms with van der Waals surface area (Å²) in [5, 5.41) is 2.48. The van der Waals surface area contributed by atoms with E-state index in [4.69, 9.17) is 16.6 Å². The Hall–Kier alpha value is -2.75. The summed E-state index contributed by atoms with van der Waals surface area (Å²) >= 11 is 0. The first kappa shape index (κ1) is 45.4. The van der Waals surface area contributed by atoms with E-state index < -0.39 is 99.0 Å². The van der Waals surface area contributed by atoms with Gasteiger partial charge in [0.05, 0.1) is 11.5 Å². The van der Waals surface area contributed by atoms with E-state index in [0.717, 1.165) is 0 Å². The molecular formula is C22H24F9N8NaO4S2. The predicted molar refractivity (Wildman–Crippen MR) is 142 cm³/mol. The molecule has 0 amide bonds. The molecule has 0 aromatic heterocycles. The third kappa shape index (κ3) is 12.1. The molecule has 0 spiro atoms. The molecule has 2 aromatic carbocycles. The normalized spacial score (nSPS) is 11.0. The fourth-order valence-corrected chi connectivity index (χ4v) is 6.09. The number of hydrogen-bond donors (Lipinski definition) is 0. The van der Waals surface area contributed by atoms with Gasteiger partial charge in [0.15, 0.2) is 66.2 Å². The maximum atomic E-state index is 13.8. The number of rotatable bonds is 11. The second-order valence-corrected chi connectivity index (χ2v) is 13.2. The number of benzene rings is 2. The predicted octanol–water partition coefficient (Wildman–Crippen LogP) is 2.89. The van der Waals surface area contributed by atoms with Crippen molar-refractivity contribution in [1.82, 2.24) is 9.80 Å². The minimum absolute atomic E-state index is 0. The van der Waals surface area contributed by atoms with E-state index in [1.165, 1.54) is 4.91 Å². The van der Waals surface area contributed by atoms with Crippen molar-refractivity contribution in [2.45, 2.75) is 22.6 Å². The largest absolute Gasteiger partial charge is 1.00 e. The molecule has 0 aliphatic rings. The van der Waals surface area contributed by atoms with Gasteiger partial charge in [-0.2, -0.15) is 0 Å². The van der Waals surface area contributed by atoms with Crippen LogP contribution in [0.1, 0.15) is 12.8 Å². The SMILES string of the molecule is CN(C)CCCS(=O)(=O)c1c(F)c(F)c(F)c(F)c1F.CN(C)CCCS(=O)(=O)c1c(F)c(F)c(N=[N+]=[N-])c(F)c1F.[N-]=[N+]=[N-].[Na+]. The van der Waals surface area contributed by atoms with Crippen molar-refractivity contribution in [3.05, 3.63) is 78.8 Å². The molecule has 46 heavy (non-hydrogen) atoms. The van der Waals surface area contributed by atoms with Gasteiger partial charge in [0.2, 0.25) is 5.82 Å². The Bertz CT molecular complexity index is 1630. The molecule has 0 saturated heterocycles. The summed E-state index contributed by atoms with van der Waals surface area (Å²) in [5.74, 6) is -21.3. The maximum Gasteiger partial charge on any atom is 1.00 e. The fourth-order valence-electron chi connectivity index (χ4n) is 3.21. The van der Waals surface area contributed by atoms with E-state index >= 15 is 0 Å². The fraction of sp³-hybridized carbons (Fsp3) is 0.455. The molecule has 0 unspecified atom stereocenters. The van der Waals surface area contributed by atoms with Crippen molar-refractivity contribution < 1.29 is 85.9 Å². The van der Waals surface area contributed by atoms with Gasteiger partial charge in [-0.05, 0) is 59.7 Å². The van der Waals surface area contributed by atoms with Crippen LogP contribution in [-0.2, 0) is 19.7 Å². The van der Waals surface area contributed by atoms with E-state index in [9.17, 15) is 56.3 Å². The Labute approximate surface area is 279 Å². The Balaban J connectivity index is 0. The molecule has 0 N–H and O–H groups in total. The molecule has 0 radical (unpaired) electrons. The van der Waals surface area contributed by atoms with Crippen molar-refractivity contribution in [3.63, 3.8) is 0 Å². The minimum Gasteiger partial charge on any atom is -0.373 e. The van der Waals surface area contributed by atoms with Gasteiger partial charge in [-0.3, -0.25) is 4.91 Å². The van der Waals surface area contributed by atoms with Gasteiger partial charge in [-0.15, -0.1) is 0 Å². The summed E-state index contributed by atoms with van der Waals surface area (Å²) in [5.41, 5.74) is 20.1. The number of azide groups is 1. The number of nitrogens with zero attached hydrogens (tertiary/aromatic N) is 8. The summed E-state index contributed by atoms with van der Waals surface area (Å²) in [6.45, 7) is 0.582. The van der Waals surface area contributed by atoms with Gasteiger partial charge in [0, 0.05) is 4.91 Å². The maximum absolute atomic E-state index is 13.8. The molecule has 0 atom stereocenters. The second-order valence-electron chi connectivity index (χ2n) is 9.06. The van der Waals surface area contributed by atoms with Gasteiger partial charge < -0.3 is 20.9 Å². The third-order valence-electron chi connectivity index (χ3n) is 5.17. The zero-order valence-electron chi connectivity index (χ0n) is 24.7. The van der Waals surface area contributed by atoms with E-state index in [1.807, 2.05) is 4.91 Å². The molecule has 252 valence electrons. The van der Waals surface area contributed by atoms with E-state index in [-0.39, 0.29) is 48.9 Å². The molecule has 12 nitrogen and oxygen atoms in total. The summed E-state index contributed by atoms with van der Waals surface area (Å²) in [6.07, 6.45) is 0.00434. The molecule has 0 aliphatic carbocycles.